The Bertz CT molecular complexity index is 2720. The summed E-state index contributed by atoms with van der Waals surface area (Å²) < 4.78 is 8.99. The number of furan rings is 1. The highest BCUT2D eigenvalue weighted by Crippen LogP contribution is 2.41. The van der Waals surface area contributed by atoms with Gasteiger partial charge in [-0.05, 0) is 41.1 Å². The van der Waals surface area contributed by atoms with Crippen LogP contribution < -0.4 is 10.5 Å². The highest BCUT2D eigenvalue weighted by molar-refractivity contribution is 7.03. The van der Waals surface area contributed by atoms with Crippen molar-refractivity contribution in [2.24, 2.45) is 0 Å². The van der Waals surface area contributed by atoms with Crippen molar-refractivity contribution in [1.29, 1.82) is 0 Å². The molecule has 10 rings (SSSR count). The molecule has 0 saturated carbocycles. The van der Waals surface area contributed by atoms with Gasteiger partial charge in [0.15, 0.2) is 11.4 Å². The number of aromatic nitrogens is 3. The Morgan fingerprint density at radius 3 is 2.21 bits per heavy atom. The van der Waals surface area contributed by atoms with Crippen LogP contribution >= 0.6 is 0 Å². The van der Waals surface area contributed by atoms with Crippen LogP contribution in [0.15, 0.2) is 144 Å². The lowest BCUT2D eigenvalue weighted by atomic mass is 10.00. The summed E-state index contributed by atoms with van der Waals surface area (Å²) in [4.78, 5) is 10.7. The zero-order chi connectivity index (χ0) is 31.3. The first-order chi connectivity index (χ1) is 23.1. The summed E-state index contributed by atoms with van der Waals surface area (Å²) in [5.41, 5.74) is 10.6. The van der Waals surface area contributed by atoms with Crippen LogP contribution in [0.2, 0.25) is 13.1 Å². The minimum Gasteiger partial charge on any atom is -0.454 e. The summed E-state index contributed by atoms with van der Waals surface area (Å²) in [6.07, 6.45) is 0. The van der Waals surface area contributed by atoms with Crippen molar-refractivity contribution in [3.8, 4) is 39.5 Å². The van der Waals surface area contributed by atoms with Gasteiger partial charge in [-0.1, -0.05) is 122 Å². The van der Waals surface area contributed by atoms with Crippen molar-refractivity contribution >= 4 is 62.3 Å². The maximum Gasteiger partial charge on any atom is 0.160 e. The fraction of sp³-hybridized carbons (Fsp3) is 0.0476. The quantitative estimate of drug-likeness (QED) is 0.185. The van der Waals surface area contributed by atoms with Gasteiger partial charge in [-0.3, -0.25) is 0 Å². The summed E-state index contributed by atoms with van der Waals surface area (Å²) in [7, 11) is -2.06. The van der Waals surface area contributed by atoms with E-state index in [1.165, 1.54) is 32.4 Å². The third-order valence-electron chi connectivity index (χ3n) is 9.96. The van der Waals surface area contributed by atoms with Crippen LogP contribution in [0.4, 0.5) is 0 Å². The summed E-state index contributed by atoms with van der Waals surface area (Å²) in [6, 6.07) is 49.5. The molecule has 222 valence electrons. The number of hydrogen-bond donors (Lipinski definition) is 0. The average molecular weight is 620 g/mol. The monoisotopic (exact) mass is 619 g/mol. The second-order valence-corrected chi connectivity index (χ2v) is 17.3. The molecule has 0 atom stereocenters. The van der Waals surface area contributed by atoms with Gasteiger partial charge in [0.1, 0.15) is 13.7 Å². The lowest BCUT2D eigenvalue weighted by Gasteiger charge is -2.19. The molecule has 1 aliphatic rings. The molecule has 0 N–H and O–H groups in total. The van der Waals surface area contributed by atoms with Crippen LogP contribution in [-0.2, 0) is 0 Å². The number of hydrogen-bond acceptors (Lipinski definition) is 3. The smallest absolute Gasteiger partial charge is 0.160 e. The zero-order valence-corrected chi connectivity index (χ0v) is 27.0. The average Bonchev–Trinajstić information content (AvgIpc) is 3.74. The van der Waals surface area contributed by atoms with Gasteiger partial charge in [0.05, 0.1) is 16.7 Å². The van der Waals surface area contributed by atoms with Gasteiger partial charge in [0.25, 0.3) is 0 Å². The molecule has 0 bridgehead atoms. The van der Waals surface area contributed by atoms with Gasteiger partial charge >= 0.3 is 0 Å². The van der Waals surface area contributed by atoms with E-state index in [-0.39, 0.29) is 0 Å². The second kappa shape index (κ2) is 9.61. The van der Waals surface area contributed by atoms with Crippen molar-refractivity contribution in [3.05, 3.63) is 140 Å². The summed E-state index contributed by atoms with van der Waals surface area (Å²) in [5, 5.41) is 7.25. The van der Waals surface area contributed by atoms with Crippen molar-refractivity contribution in [2.75, 3.05) is 0 Å². The number of benzene rings is 6. The Balaban J connectivity index is 1.28. The topological polar surface area (TPSA) is 43.9 Å². The van der Waals surface area contributed by atoms with E-state index in [0.29, 0.717) is 0 Å². The number of rotatable bonds is 3. The summed E-state index contributed by atoms with van der Waals surface area (Å²) >= 11 is 0. The third-order valence-corrected chi connectivity index (χ3v) is 13.3. The zero-order valence-electron chi connectivity index (χ0n) is 26.0. The first-order valence-electron chi connectivity index (χ1n) is 16.1. The van der Waals surface area contributed by atoms with Crippen molar-refractivity contribution in [2.45, 2.75) is 13.1 Å². The maximum absolute atomic E-state index is 6.62. The fourth-order valence-corrected chi connectivity index (χ4v) is 10.7. The Morgan fingerprint density at radius 1 is 0.596 bits per heavy atom. The molecule has 0 fully saturated rings. The first-order valence-corrected chi connectivity index (χ1v) is 19.1. The standard InChI is InChI=1S/C42H29N3OSi/c1-47(2)36-22-11-8-19-33(36)37-38(43-41(44-42(37)47)26-13-4-3-5-14-26)27-15-12-16-28(25-27)45-34-20-9-6-17-29(34)31-23-24-32-30-18-7-10-21-35(30)46-40(32)39(31)45/h3-25H,1-2H3. The van der Waals surface area contributed by atoms with E-state index in [9.17, 15) is 0 Å². The summed E-state index contributed by atoms with van der Waals surface area (Å²) in [6.45, 7) is 4.83. The number of fused-ring (bicyclic) bond motifs is 10. The summed E-state index contributed by atoms with van der Waals surface area (Å²) in [5.74, 6) is 0.777. The molecule has 47 heavy (non-hydrogen) atoms. The minimum absolute atomic E-state index is 0.777. The van der Waals surface area contributed by atoms with E-state index < -0.39 is 8.07 Å². The van der Waals surface area contributed by atoms with E-state index in [2.05, 4.69) is 145 Å². The molecule has 0 radical (unpaired) electrons. The Morgan fingerprint density at radius 2 is 1.32 bits per heavy atom. The van der Waals surface area contributed by atoms with E-state index in [4.69, 9.17) is 14.4 Å². The SMILES string of the molecule is C[Si]1(C)c2ccccc2-c2c(-c3cccc(-n4c5ccccc5c5ccc6c7ccccc7oc6c54)c3)nc(-c3ccccc3)nc21. The third kappa shape index (κ3) is 3.69. The van der Waals surface area contributed by atoms with Crippen LogP contribution in [0.1, 0.15) is 0 Å². The van der Waals surface area contributed by atoms with Gasteiger partial charge in [0.2, 0.25) is 0 Å². The predicted octanol–water partition coefficient (Wildman–Crippen LogP) is 9.61. The molecule has 1 aliphatic heterocycles. The highest BCUT2D eigenvalue weighted by atomic mass is 28.3. The molecule has 6 aromatic carbocycles. The van der Waals surface area contributed by atoms with Gasteiger partial charge in [-0.25, -0.2) is 9.97 Å². The molecular formula is C42H29N3OSi. The maximum atomic E-state index is 6.62. The van der Waals surface area contributed by atoms with Crippen LogP contribution in [0.5, 0.6) is 0 Å². The molecule has 5 heteroatoms. The van der Waals surface area contributed by atoms with Gasteiger partial charge in [-0.2, -0.15) is 0 Å². The number of para-hydroxylation sites is 2. The van der Waals surface area contributed by atoms with Gasteiger partial charge in [0, 0.05) is 49.2 Å². The predicted molar refractivity (Wildman–Crippen MR) is 197 cm³/mol. The van der Waals surface area contributed by atoms with E-state index in [1.807, 2.05) is 12.1 Å². The van der Waals surface area contributed by atoms with E-state index in [1.54, 1.807) is 0 Å². The molecule has 0 aliphatic carbocycles. The van der Waals surface area contributed by atoms with Gasteiger partial charge in [-0.15, -0.1) is 0 Å². The first kappa shape index (κ1) is 26.4. The molecule has 0 unspecified atom stereocenters. The van der Waals surface area contributed by atoms with Crippen LogP contribution in [0.3, 0.4) is 0 Å². The van der Waals surface area contributed by atoms with E-state index in [0.717, 1.165) is 61.3 Å². The van der Waals surface area contributed by atoms with Gasteiger partial charge < -0.3 is 8.98 Å². The second-order valence-electron chi connectivity index (χ2n) is 13.0. The highest BCUT2D eigenvalue weighted by Gasteiger charge is 2.41. The largest absolute Gasteiger partial charge is 0.454 e. The molecule has 0 saturated heterocycles. The lowest BCUT2D eigenvalue weighted by Crippen LogP contribution is -2.50. The van der Waals surface area contributed by atoms with Crippen molar-refractivity contribution in [1.82, 2.24) is 14.5 Å². The minimum atomic E-state index is -2.06. The lowest BCUT2D eigenvalue weighted by molar-refractivity contribution is 0.671. The molecule has 4 nitrogen and oxygen atoms in total. The van der Waals surface area contributed by atoms with Crippen LogP contribution in [-0.4, -0.2) is 22.6 Å². The Hall–Kier alpha value is -5.78. The van der Waals surface area contributed by atoms with Crippen LogP contribution in [0.25, 0.3) is 83.2 Å². The van der Waals surface area contributed by atoms with Crippen LogP contribution in [0, 0.1) is 0 Å². The molecule has 9 aromatic rings. The van der Waals surface area contributed by atoms with Crippen molar-refractivity contribution < 1.29 is 4.42 Å². The molecule has 0 amide bonds. The molecule has 3 aromatic heterocycles. The van der Waals surface area contributed by atoms with Crippen molar-refractivity contribution in [3.63, 3.8) is 0 Å². The number of nitrogens with zero attached hydrogens (tertiary/aromatic N) is 3. The molecule has 4 heterocycles. The fourth-order valence-electron chi connectivity index (χ4n) is 7.76. The molecular weight excluding hydrogens is 591 g/mol. The van der Waals surface area contributed by atoms with E-state index >= 15 is 0 Å². The normalized spacial score (nSPS) is 13.5. The Kier molecular flexibility index (Phi) is 5.41. The molecule has 0 spiro atoms. The Labute approximate surface area is 272 Å².